The Morgan fingerprint density at radius 1 is 1.22 bits per heavy atom. The predicted molar refractivity (Wildman–Crippen MR) is 88.5 cm³/mol. The van der Waals surface area contributed by atoms with Crippen LogP contribution in [0.4, 0.5) is 0 Å². The number of hydrogen-bond donors (Lipinski definition) is 1. The summed E-state index contributed by atoms with van der Waals surface area (Å²) in [5.74, 6) is -0.136. The van der Waals surface area contributed by atoms with Gasteiger partial charge in [0.15, 0.2) is 0 Å². The topological polar surface area (TPSA) is 72.5 Å². The average molecular weight is 339 g/mol. The molecule has 6 heteroatoms. The number of hydrogen-bond acceptors (Lipinski definition) is 4. The van der Waals surface area contributed by atoms with Crippen LogP contribution in [0.15, 0.2) is 29.2 Å². The number of rotatable bonds is 6. The van der Waals surface area contributed by atoms with Crippen LogP contribution in [0, 0.1) is 12.8 Å². The molecule has 0 aliphatic heterocycles. The minimum Gasteiger partial charge on any atom is -0.461 e. The molecule has 1 N–H and O–H groups in total. The first-order valence-corrected chi connectivity index (χ1v) is 9.60. The summed E-state index contributed by atoms with van der Waals surface area (Å²) in [6.45, 7) is 3.40. The fraction of sp³-hybridized carbons (Fsp3) is 0.588. The van der Waals surface area contributed by atoms with Gasteiger partial charge >= 0.3 is 5.97 Å². The fourth-order valence-electron chi connectivity index (χ4n) is 3.02. The largest absolute Gasteiger partial charge is 0.461 e. The highest BCUT2D eigenvalue weighted by Crippen LogP contribution is 2.28. The Morgan fingerprint density at radius 2 is 1.83 bits per heavy atom. The number of sulfonamides is 1. The number of aryl methyl sites for hydroxylation is 1. The van der Waals surface area contributed by atoms with Gasteiger partial charge in [-0.15, -0.1) is 0 Å². The zero-order chi connectivity index (χ0) is 16.9. The van der Waals surface area contributed by atoms with Crippen molar-refractivity contribution in [3.05, 3.63) is 29.8 Å². The maximum absolute atomic E-state index is 12.4. The predicted octanol–water partition coefficient (Wildman–Crippen LogP) is 2.79. The Bertz CT molecular complexity index is 618. The number of carbonyl (C=O) groups excluding carboxylic acids is 1. The number of ether oxygens (including phenoxy) is 1. The summed E-state index contributed by atoms with van der Waals surface area (Å²) >= 11 is 0. The first kappa shape index (κ1) is 17.9. The van der Waals surface area contributed by atoms with Crippen LogP contribution >= 0.6 is 0 Å². The molecule has 1 aromatic rings. The van der Waals surface area contributed by atoms with Crippen LogP contribution in [0.5, 0.6) is 0 Å². The molecule has 1 saturated carbocycles. The van der Waals surface area contributed by atoms with Gasteiger partial charge < -0.3 is 4.74 Å². The van der Waals surface area contributed by atoms with Gasteiger partial charge in [-0.25, -0.2) is 13.1 Å². The number of esters is 1. The minimum atomic E-state index is -3.59. The highest BCUT2D eigenvalue weighted by Gasteiger charge is 2.27. The third kappa shape index (κ3) is 5.32. The summed E-state index contributed by atoms with van der Waals surface area (Å²) in [4.78, 5) is 11.6. The molecule has 0 heterocycles. The Kier molecular flexibility index (Phi) is 6.18. The van der Waals surface area contributed by atoms with E-state index in [1.54, 1.807) is 24.3 Å². The van der Waals surface area contributed by atoms with Gasteiger partial charge in [0.1, 0.15) is 6.10 Å². The second-order valence-electron chi connectivity index (χ2n) is 6.21. The molecule has 1 aromatic carbocycles. The van der Waals surface area contributed by atoms with E-state index in [9.17, 15) is 13.2 Å². The molecule has 0 radical (unpaired) electrons. The highest BCUT2D eigenvalue weighted by molar-refractivity contribution is 7.89. The van der Waals surface area contributed by atoms with Crippen molar-refractivity contribution in [1.82, 2.24) is 4.72 Å². The standard InChI is InChI=1S/C17H25NO4S/c1-13-8-10-16(11-9-13)23(20,21)18-12-17(22-14(2)19)15-6-4-3-5-7-15/h8-11,15,17-18H,3-7,12H2,1-2H3. The van der Waals surface area contributed by atoms with Gasteiger partial charge in [-0.3, -0.25) is 4.79 Å². The maximum Gasteiger partial charge on any atom is 0.302 e. The molecule has 0 spiro atoms. The van der Waals surface area contributed by atoms with Crippen molar-refractivity contribution in [2.24, 2.45) is 5.92 Å². The molecule has 23 heavy (non-hydrogen) atoms. The van der Waals surface area contributed by atoms with Gasteiger partial charge in [0.2, 0.25) is 10.0 Å². The van der Waals surface area contributed by atoms with Crippen LogP contribution in [0.3, 0.4) is 0 Å². The highest BCUT2D eigenvalue weighted by atomic mass is 32.2. The Morgan fingerprint density at radius 3 is 2.39 bits per heavy atom. The molecule has 0 amide bonds. The van der Waals surface area contributed by atoms with Crippen LogP contribution < -0.4 is 4.72 Å². The first-order valence-electron chi connectivity index (χ1n) is 8.12. The molecule has 2 rings (SSSR count). The summed E-state index contributed by atoms with van der Waals surface area (Å²) in [6.07, 6.45) is 4.96. The van der Waals surface area contributed by atoms with Gasteiger partial charge in [-0.2, -0.15) is 0 Å². The molecule has 5 nitrogen and oxygen atoms in total. The summed E-state index contributed by atoms with van der Waals surface area (Å²) in [6, 6.07) is 6.69. The lowest BCUT2D eigenvalue weighted by Gasteiger charge is -2.29. The zero-order valence-electron chi connectivity index (χ0n) is 13.7. The van der Waals surface area contributed by atoms with Crippen LogP contribution in [0.2, 0.25) is 0 Å². The summed E-state index contributed by atoms with van der Waals surface area (Å²) in [5.41, 5.74) is 1.00. The van der Waals surface area contributed by atoms with E-state index in [0.29, 0.717) is 0 Å². The van der Waals surface area contributed by atoms with Gasteiger partial charge in [0, 0.05) is 13.5 Å². The van der Waals surface area contributed by atoms with Gasteiger partial charge in [-0.1, -0.05) is 37.0 Å². The number of benzene rings is 1. The van der Waals surface area contributed by atoms with E-state index >= 15 is 0 Å². The number of carbonyl (C=O) groups is 1. The summed E-state index contributed by atoms with van der Waals surface area (Å²) < 4.78 is 32.7. The molecule has 0 saturated heterocycles. The van der Waals surface area contributed by atoms with E-state index in [2.05, 4.69) is 4.72 Å². The molecule has 0 bridgehead atoms. The maximum atomic E-state index is 12.4. The van der Waals surface area contributed by atoms with Crippen molar-refractivity contribution in [2.45, 2.75) is 57.0 Å². The lowest BCUT2D eigenvalue weighted by atomic mass is 9.85. The smallest absolute Gasteiger partial charge is 0.302 e. The van der Waals surface area contributed by atoms with Crippen molar-refractivity contribution in [2.75, 3.05) is 6.54 Å². The molecule has 1 aliphatic rings. The minimum absolute atomic E-state index is 0.125. The fourth-order valence-corrected chi connectivity index (χ4v) is 4.06. The third-order valence-electron chi connectivity index (χ3n) is 4.30. The molecular formula is C17H25NO4S. The number of nitrogens with one attached hydrogen (secondary N) is 1. The van der Waals surface area contributed by atoms with Gasteiger partial charge in [0.25, 0.3) is 0 Å². The van der Waals surface area contributed by atoms with Crippen LogP contribution in [-0.2, 0) is 19.6 Å². The molecular weight excluding hydrogens is 314 g/mol. The summed E-state index contributed by atoms with van der Waals surface area (Å²) in [5, 5.41) is 0. The van der Waals surface area contributed by atoms with E-state index in [-0.39, 0.29) is 23.3 Å². The van der Waals surface area contributed by atoms with E-state index in [1.807, 2.05) is 6.92 Å². The lowest BCUT2D eigenvalue weighted by molar-refractivity contribution is -0.149. The van der Waals surface area contributed by atoms with Crippen molar-refractivity contribution in [3.8, 4) is 0 Å². The lowest BCUT2D eigenvalue weighted by Crippen LogP contribution is -2.39. The first-order chi connectivity index (χ1) is 10.9. The van der Waals surface area contributed by atoms with E-state index in [4.69, 9.17) is 4.74 Å². The summed E-state index contributed by atoms with van der Waals surface area (Å²) in [7, 11) is -3.59. The molecule has 0 aromatic heterocycles. The monoisotopic (exact) mass is 339 g/mol. The molecule has 1 atom stereocenters. The quantitative estimate of drug-likeness (QED) is 0.809. The third-order valence-corrected chi connectivity index (χ3v) is 5.74. The van der Waals surface area contributed by atoms with Crippen molar-refractivity contribution in [3.63, 3.8) is 0 Å². The Hall–Kier alpha value is -1.40. The second-order valence-corrected chi connectivity index (χ2v) is 7.98. The average Bonchev–Trinajstić information content (AvgIpc) is 2.52. The molecule has 128 valence electrons. The van der Waals surface area contributed by atoms with E-state index < -0.39 is 16.1 Å². The van der Waals surface area contributed by atoms with Crippen molar-refractivity contribution in [1.29, 1.82) is 0 Å². The van der Waals surface area contributed by atoms with E-state index in [1.165, 1.54) is 13.3 Å². The Balaban J connectivity index is 2.04. The normalized spacial score (nSPS) is 17.7. The van der Waals surface area contributed by atoms with Gasteiger partial charge in [-0.05, 0) is 37.8 Å². The Labute approximate surface area is 138 Å². The molecule has 1 unspecified atom stereocenters. The van der Waals surface area contributed by atoms with Gasteiger partial charge in [0.05, 0.1) is 4.90 Å². The van der Waals surface area contributed by atoms with E-state index in [0.717, 1.165) is 31.2 Å². The van der Waals surface area contributed by atoms with Crippen LogP contribution in [0.25, 0.3) is 0 Å². The van der Waals surface area contributed by atoms with Crippen LogP contribution in [-0.4, -0.2) is 27.0 Å². The van der Waals surface area contributed by atoms with Crippen molar-refractivity contribution < 1.29 is 17.9 Å². The van der Waals surface area contributed by atoms with Crippen molar-refractivity contribution >= 4 is 16.0 Å². The van der Waals surface area contributed by atoms with Crippen LogP contribution in [0.1, 0.15) is 44.6 Å². The zero-order valence-corrected chi connectivity index (χ0v) is 14.6. The SMILES string of the molecule is CC(=O)OC(CNS(=O)(=O)c1ccc(C)cc1)C1CCCCC1. The molecule has 1 aliphatic carbocycles. The molecule has 1 fully saturated rings. The second kappa shape index (κ2) is 7.93.